The van der Waals surface area contributed by atoms with Crippen LogP contribution in [0.15, 0.2) is 30.6 Å². The molecule has 1 saturated heterocycles. The van der Waals surface area contributed by atoms with Crippen molar-refractivity contribution in [3.05, 3.63) is 58.4 Å². The Kier molecular flexibility index (Phi) is 7.24. The summed E-state index contributed by atoms with van der Waals surface area (Å²) < 4.78 is 30.1. The lowest BCUT2D eigenvalue weighted by molar-refractivity contribution is -0.00211. The second-order valence-electron chi connectivity index (χ2n) is 8.98. The molecule has 35 heavy (non-hydrogen) atoms. The number of hydrogen-bond acceptors (Lipinski definition) is 4. The van der Waals surface area contributed by atoms with Crippen molar-refractivity contribution in [2.24, 2.45) is 0 Å². The van der Waals surface area contributed by atoms with Crippen LogP contribution in [0.4, 0.5) is 8.78 Å². The highest BCUT2D eigenvalue weighted by Crippen LogP contribution is 2.52. The molecule has 3 rings (SSSR count). The van der Waals surface area contributed by atoms with Gasteiger partial charge in [-0.1, -0.05) is 11.6 Å². The summed E-state index contributed by atoms with van der Waals surface area (Å²) in [4.78, 5) is 21.9. The number of hydrogen-bond donors (Lipinski definition) is 1. The molecule has 16 heteroatoms. The molecule has 1 unspecified atom stereocenters. The van der Waals surface area contributed by atoms with Gasteiger partial charge in [0.15, 0.2) is 0 Å². The summed E-state index contributed by atoms with van der Waals surface area (Å²) in [7, 11) is 48.7. The van der Waals surface area contributed by atoms with Crippen LogP contribution in [0.1, 0.15) is 28.2 Å². The number of carbonyl (C=O) groups is 1. The number of aryl methyl sites for hydroxylation is 1. The van der Waals surface area contributed by atoms with Gasteiger partial charge < -0.3 is 10.2 Å². The van der Waals surface area contributed by atoms with Crippen LogP contribution in [-0.4, -0.2) is 106 Å². The Bertz CT molecular complexity index is 1140. The van der Waals surface area contributed by atoms with E-state index in [9.17, 15) is 9.18 Å². The van der Waals surface area contributed by atoms with E-state index in [1.165, 1.54) is 12.4 Å². The van der Waals surface area contributed by atoms with E-state index in [1.807, 2.05) is 0 Å². The Labute approximate surface area is 219 Å². The van der Waals surface area contributed by atoms with Crippen molar-refractivity contribution in [1.82, 2.24) is 20.2 Å². The molecule has 0 saturated carbocycles. The van der Waals surface area contributed by atoms with E-state index in [-0.39, 0.29) is 16.4 Å². The van der Waals surface area contributed by atoms with Crippen LogP contribution in [-0.2, 0) is 5.34 Å². The van der Waals surface area contributed by atoms with E-state index in [0.29, 0.717) is 5.56 Å². The van der Waals surface area contributed by atoms with E-state index in [2.05, 4.69) is 15.3 Å². The van der Waals surface area contributed by atoms with Crippen molar-refractivity contribution in [3.8, 4) is 0 Å². The maximum Gasteiger partial charge on any atom is 0.252 e. The molecule has 5 nitrogen and oxygen atoms in total. The molecule has 2 aromatic rings. The summed E-state index contributed by atoms with van der Waals surface area (Å²) in [6, 6.07) is 3.16. The number of nitrogens with one attached hydrogen (secondary N) is 1. The quantitative estimate of drug-likeness (QED) is 0.585. The van der Waals surface area contributed by atoms with Crippen molar-refractivity contribution in [1.29, 1.82) is 0 Å². The van der Waals surface area contributed by atoms with E-state index in [4.69, 9.17) is 74.4 Å². The molecule has 16 radical (unpaired) electrons. The van der Waals surface area contributed by atoms with Gasteiger partial charge in [0.05, 0.1) is 67.8 Å². The van der Waals surface area contributed by atoms with Gasteiger partial charge in [-0.15, -0.1) is 0 Å². The van der Waals surface area contributed by atoms with Gasteiger partial charge in [-0.25, -0.2) is 18.7 Å². The molecule has 0 spiro atoms. The summed E-state index contributed by atoms with van der Waals surface area (Å²) in [5, 5.41) is -7.44. The Hall–Kier alpha value is -1.60. The predicted molar refractivity (Wildman–Crippen MR) is 137 cm³/mol. The fraction of sp³-hybridized carbons (Fsp3) is 0.421. The Balaban J connectivity index is 1.94. The number of aromatic nitrogens is 2. The maximum atomic E-state index is 16.6. The number of amides is 1. The third kappa shape index (κ3) is 5.13. The summed E-state index contributed by atoms with van der Waals surface area (Å²) in [6.07, 6.45) is 1.88. The van der Waals surface area contributed by atoms with Crippen LogP contribution in [0.3, 0.4) is 0 Å². The molecule has 1 amide bonds. The third-order valence-electron chi connectivity index (χ3n) is 5.82. The minimum atomic E-state index is -3.00. The second-order valence-corrected chi connectivity index (χ2v) is 9.38. The van der Waals surface area contributed by atoms with Gasteiger partial charge in [0.2, 0.25) is 0 Å². The molecule has 1 aromatic carbocycles. The van der Waals surface area contributed by atoms with Crippen molar-refractivity contribution in [2.45, 2.75) is 40.2 Å². The monoisotopic (exact) mass is 474 g/mol. The number of carbonyl (C=O) groups excluding carboxylic acids is 1. The largest absolute Gasteiger partial charge is 0.351 e. The molecule has 160 valence electrons. The minimum Gasteiger partial charge on any atom is -0.351 e. The highest BCUT2D eigenvalue weighted by molar-refractivity contribution is 6.49. The molecule has 1 atom stereocenters. The second kappa shape index (κ2) is 9.05. The molecule has 1 N–H and O–H groups in total. The Morgan fingerprint density at radius 1 is 1.14 bits per heavy atom. The van der Waals surface area contributed by atoms with E-state index >= 15 is 4.39 Å². The molecule has 1 aliphatic heterocycles. The van der Waals surface area contributed by atoms with Crippen LogP contribution < -0.4 is 5.32 Å². The van der Waals surface area contributed by atoms with Gasteiger partial charge >= 0.3 is 0 Å². The minimum absolute atomic E-state index is 0.0943. The lowest BCUT2D eigenvalue weighted by Crippen LogP contribution is -2.78. The first-order chi connectivity index (χ1) is 15.8. The van der Waals surface area contributed by atoms with Crippen LogP contribution in [0.5, 0.6) is 0 Å². The normalized spacial score (nSPS) is 22.0. The van der Waals surface area contributed by atoms with Crippen molar-refractivity contribution in [2.75, 3.05) is 6.54 Å². The van der Waals surface area contributed by atoms with Crippen molar-refractivity contribution < 1.29 is 13.6 Å². The molecule has 1 aromatic heterocycles. The van der Waals surface area contributed by atoms with Gasteiger partial charge in [0.25, 0.3) is 5.91 Å². The molecule has 1 fully saturated rings. The topological polar surface area (TPSA) is 58.1 Å². The Morgan fingerprint density at radius 3 is 2.26 bits per heavy atom. The zero-order chi connectivity index (χ0) is 26.6. The van der Waals surface area contributed by atoms with E-state index in [1.54, 1.807) is 6.92 Å². The van der Waals surface area contributed by atoms with Crippen LogP contribution in [0.25, 0.3) is 0 Å². The smallest absolute Gasteiger partial charge is 0.252 e. The number of rotatable bonds is 5. The van der Waals surface area contributed by atoms with Gasteiger partial charge in [-0.3, -0.25) is 4.79 Å². The van der Waals surface area contributed by atoms with Gasteiger partial charge in [0, 0.05) is 24.5 Å². The first kappa shape index (κ1) is 28.0. The predicted octanol–water partition coefficient (Wildman–Crippen LogP) is -0.696. The zero-order valence-corrected chi connectivity index (χ0v) is 19.6. The van der Waals surface area contributed by atoms with E-state index < -0.39 is 51.6 Å². The van der Waals surface area contributed by atoms with Gasteiger partial charge in [-0.05, 0) is 58.3 Å². The number of benzene rings is 1. The Morgan fingerprint density at radius 2 is 1.71 bits per heavy atom. The highest BCUT2D eigenvalue weighted by Gasteiger charge is 2.61. The fourth-order valence-corrected chi connectivity index (χ4v) is 4.05. The van der Waals surface area contributed by atoms with Crippen LogP contribution in [0.2, 0.25) is 10.2 Å². The molecule has 0 bridgehead atoms. The maximum absolute atomic E-state index is 16.6. The van der Waals surface area contributed by atoms with Gasteiger partial charge in [-0.2, -0.15) is 0 Å². The fourth-order valence-electron chi connectivity index (χ4n) is 3.86. The van der Waals surface area contributed by atoms with Crippen LogP contribution >= 0.6 is 11.6 Å². The number of nitrogens with zero attached hydrogens (tertiary/aromatic N) is 3. The molecular weight excluding hydrogens is 460 g/mol. The average Bonchev–Trinajstić information content (AvgIpc) is 2.71. The zero-order valence-electron chi connectivity index (χ0n) is 18.8. The number of halogens is 3. The summed E-state index contributed by atoms with van der Waals surface area (Å²) in [5.41, 5.74) is -2.39. The van der Waals surface area contributed by atoms with Gasteiger partial charge in [0.1, 0.15) is 17.3 Å². The lowest BCUT2D eigenvalue weighted by Gasteiger charge is -2.64. The van der Waals surface area contributed by atoms with Crippen molar-refractivity contribution >= 4 is 80.3 Å². The van der Waals surface area contributed by atoms with E-state index in [0.717, 1.165) is 23.1 Å². The number of piperidine rings is 1. The summed E-state index contributed by atoms with van der Waals surface area (Å²) in [5.74, 6) is -1.76. The first-order valence-corrected chi connectivity index (χ1v) is 10.6. The first-order valence-electron chi connectivity index (χ1n) is 10.2. The average molecular weight is 473 g/mol. The van der Waals surface area contributed by atoms with Crippen molar-refractivity contribution in [3.63, 3.8) is 0 Å². The lowest BCUT2D eigenvalue weighted by atomic mass is 9.31. The number of likely N-dealkylation sites (tertiary alicyclic amines) is 1. The molecule has 2 heterocycles. The summed E-state index contributed by atoms with van der Waals surface area (Å²) in [6.45, 7) is 0.970. The van der Waals surface area contributed by atoms with Crippen LogP contribution in [0, 0.1) is 12.7 Å². The SMILES string of the molecule is [B]C([B])(NC([B])([B])C1(F)CC([B])([B])N(C(=O)c2ccc(F)c(Cl)c2)CC1([B])[B])c1ncc(C)cn1. The highest BCUT2D eigenvalue weighted by atomic mass is 35.5. The standard InChI is InChI=1S/C19H13B8ClF2N4O/c1-9-5-31-14(32-6-9)18(24,25)33-19(26,27)15(30)7-17(22,23)34(8-16(15,20)21)13(35)10-2-3-12(29)11(28)4-10/h2-6,33H,7-8H2,1H3. The molecule has 1 aliphatic rings. The molecule has 0 aliphatic carbocycles. The number of alkyl halides is 1. The summed E-state index contributed by atoms with van der Waals surface area (Å²) >= 11 is 5.76. The molecular formula is C19H13B8ClF2N4O. The third-order valence-corrected chi connectivity index (χ3v) is 6.11.